The van der Waals surface area contributed by atoms with Crippen molar-refractivity contribution in [3.05, 3.63) is 17.6 Å². The van der Waals surface area contributed by atoms with Gasteiger partial charge in [-0.1, -0.05) is 0 Å². The first-order chi connectivity index (χ1) is 9.06. The summed E-state index contributed by atoms with van der Waals surface area (Å²) < 4.78 is 1.56. The highest BCUT2D eigenvalue weighted by atomic mass is 32.2. The molecule has 2 aliphatic heterocycles. The van der Waals surface area contributed by atoms with Crippen LogP contribution >= 0.6 is 11.8 Å². The fourth-order valence-corrected chi connectivity index (χ4v) is 3.61. The fourth-order valence-electron chi connectivity index (χ4n) is 2.17. The topological polar surface area (TPSA) is 101 Å². The Balaban J connectivity index is 1.84. The summed E-state index contributed by atoms with van der Waals surface area (Å²) in [4.78, 5) is 24.0. The van der Waals surface area contributed by atoms with Gasteiger partial charge in [-0.05, 0) is 16.5 Å². The van der Waals surface area contributed by atoms with Crippen LogP contribution in [-0.2, 0) is 23.1 Å². The minimum atomic E-state index is -1.07. The van der Waals surface area contributed by atoms with Gasteiger partial charge in [0.15, 0.2) is 5.82 Å². The molecule has 1 fully saturated rings. The van der Waals surface area contributed by atoms with E-state index >= 15 is 0 Å². The van der Waals surface area contributed by atoms with E-state index in [2.05, 4.69) is 15.5 Å². The Kier molecular flexibility index (Phi) is 2.77. The maximum absolute atomic E-state index is 11.4. The Bertz CT molecular complexity index is 583. The van der Waals surface area contributed by atoms with Crippen LogP contribution in [0, 0.1) is 0 Å². The highest BCUT2D eigenvalue weighted by Crippen LogP contribution is 2.41. The molecular weight excluding hydrogens is 270 g/mol. The number of aliphatic carboxylic acids is 1. The van der Waals surface area contributed by atoms with Crippen molar-refractivity contribution in [2.45, 2.75) is 23.5 Å². The van der Waals surface area contributed by atoms with Crippen molar-refractivity contribution in [2.75, 3.05) is 0 Å². The standard InChI is InChI=1S/C10H11N5O3S/c1-14-7(11-12-13-14)3-5-2-6(10(17)18)15-8(16)4-9(15)19-5/h2,5,9H,3-4H2,1H3,(H,17,18)/t5?,9-/m1/s1. The molecule has 0 aliphatic carbocycles. The molecule has 0 saturated carbocycles. The molecule has 1 saturated heterocycles. The monoisotopic (exact) mass is 281 g/mol. The number of fused-ring (bicyclic) bond motifs is 1. The van der Waals surface area contributed by atoms with Gasteiger partial charge in [0.25, 0.3) is 0 Å². The van der Waals surface area contributed by atoms with Crippen LogP contribution in [0.1, 0.15) is 12.2 Å². The lowest BCUT2D eigenvalue weighted by Gasteiger charge is -2.44. The van der Waals surface area contributed by atoms with E-state index in [1.807, 2.05) is 0 Å². The highest BCUT2D eigenvalue weighted by Gasteiger charge is 2.45. The van der Waals surface area contributed by atoms with Crippen LogP contribution in [0.25, 0.3) is 0 Å². The van der Waals surface area contributed by atoms with Gasteiger partial charge in [-0.3, -0.25) is 9.69 Å². The summed E-state index contributed by atoms with van der Waals surface area (Å²) >= 11 is 1.57. The Hall–Kier alpha value is -1.90. The molecule has 0 bridgehead atoms. The molecule has 0 spiro atoms. The average molecular weight is 281 g/mol. The number of aromatic nitrogens is 4. The van der Waals surface area contributed by atoms with Crippen molar-refractivity contribution in [1.82, 2.24) is 25.1 Å². The smallest absolute Gasteiger partial charge is 0.352 e. The molecule has 1 amide bonds. The molecule has 2 atom stereocenters. The number of carbonyl (C=O) groups excluding carboxylic acids is 1. The summed E-state index contributed by atoms with van der Waals surface area (Å²) in [5.74, 6) is -0.512. The molecule has 19 heavy (non-hydrogen) atoms. The molecule has 1 aromatic rings. The molecule has 3 heterocycles. The number of aryl methyl sites for hydroxylation is 1. The third-order valence-corrected chi connectivity index (χ3v) is 4.50. The van der Waals surface area contributed by atoms with Crippen LogP contribution in [0.4, 0.5) is 0 Å². The molecule has 8 nitrogen and oxygen atoms in total. The SMILES string of the molecule is Cn1nnnc1CC1C=C(C(=O)O)N2C(=O)C[C@H]2S1. The van der Waals surface area contributed by atoms with Crippen LogP contribution in [0.3, 0.4) is 0 Å². The Morgan fingerprint density at radius 1 is 1.63 bits per heavy atom. The molecule has 0 radical (unpaired) electrons. The van der Waals surface area contributed by atoms with Gasteiger partial charge < -0.3 is 5.11 Å². The molecule has 9 heteroatoms. The second-order valence-electron chi connectivity index (χ2n) is 4.38. The first-order valence-corrected chi connectivity index (χ1v) is 6.64. The third kappa shape index (κ3) is 1.99. The molecule has 100 valence electrons. The summed E-state index contributed by atoms with van der Waals surface area (Å²) in [5, 5.41) is 20.2. The van der Waals surface area contributed by atoms with Gasteiger partial charge in [0, 0.05) is 18.7 Å². The van der Waals surface area contributed by atoms with E-state index in [9.17, 15) is 9.59 Å². The van der Waals surface area contributed by atoms with Crippen molar-refractivity contribution in [1.29, 1.82) is 0 Å². The molecule has 3 rings (SSSR count). The number of carboxylic acids is 1. The van der Waals surface area contributed by atoms with E-state index in [0.29, 0.717) is 18.7 Å². The zero-order chi connectivity index (χ0) is 13.6. The lowest BCUT2D eigenvalue weighted by molar-refractivity contribution is -0.146. The lowest BCUT2D eigenvalue weighted by atomic mass is 10.1. The van der Waals surface area contributed by atoms with Crippen molar-refractivity contribution < 1.29 is 14.7 Å². The third-order valence-electron chi connectivity index (χ3n) is 3.15. The van der Waals surface area contributed by atoms with E-state index in [-0.39, 0.29) is 22.2 Å². The lowest BCUT2D eigenvalue weighted by Crippen LogP contribution is -2.54. The number of β-lactam (4-membered cyclic amide) rings is 1. The number of carboxylic acid groups (broad SMARTS) is 1. The highest BCUT2D eigenvalue weighted by molar-refractivity contribution is 8.00. The Morgan fingerprint density at radius 3 is 3.00 bits per heavy atom. The first-order valence-electron chi connectivity index (χ1n) is 5.70. The van der Waals surface area contributed by atoms with Crippen LogP contribution < -0.4 is 0 Å². The molecule has 1 unspecified atom stereocenters. The zero-order valence-corrected chi connectivity index (χ0v) is 10.9. The number of rotatable bonds is 3. The number of nitrogens with zero attached hydrogens (tertiary/aromatic N) is 5. The summed E-state index contributed by atoms with van der Waals surface area (Å²) in [5.41, 5.74) is 0.0696. The van der Waals surface area contributed by atoms with E-state index in [1.165, 1.54) is 4.90 Å². The number of carbonyl (C=O) groups is 2. The second-order valence-corrected chi connectivity index (χ2v) is 5.80. The molecule has 1 aromatic heterocycles. The van der Waals surface area contributed by atoms with Gasteiger partial charge in [-0.2, -0.15) is 0 Å². The zero-order valence-electron chi connectivity index (χ0n) is 10.1. The summed E-state index contributed by atoms with van der Waals surface area (Å²) in [6.07, 6.45) is 2.54. The minimum absolute atomic E-state index is 0.0369. The summed E-state index contributed by atoms with van der Waals surface area (Å²) in [6.45, 7) is 0. The normalized spacial score (nSPS) is 25.6. The number of amides is 1. The second kappa shape index (κ2) is 4.34. The van der Waals surface area contributed by atoms with E-state index in [4.69, 9.17) is 5.11 Å². The molecular formula is C10H11N5O3S. The maximum atomic E-state index is 11.4. The molecule has 0 aromatic carbocycles. The predicted molar refractivity (Wildman–Crippen MR) is 64.9 cm³/mol. The van der Waals surface area contributed by atoms with Crippen LogP contribution in [0.2, 0.25) is 0 Å². The summed E-state index contributed by atoms with van der Waals surface area (Å²) in [7, 11) is 1.74. The quantitative estimate of drug-likeness (QED) is 0.738. The van der Waals surface area contributed by atoms with Crippen molar-refractivity contribution >= 4 is 23.6 Å². The van der Waals surface area contributed by atoms with Gasteiger partial charge in [0.05, 0.1) is 11.8 Å². The largest absolute Gasteiger partial charge is 0.477 e. The van der Waals surface area contributed by atoms with Crippen LogP contribution in [-0.4, -0.2) is 52.7 Å². The van der Waals surface area contributed by atoms with E-state index < -0.39 is 5.97 Å². The number of tetrazole rings is 1. The van der Waals surface area contributed by atoms with Crippen LogP contribution in [0.5, 0.6) is 0 Å². The van der Waals surface area contributed by atoms with Gasteiger partial charge in [-0.25, -0.2) is 9.48 Å². The Labute approximate surface area is 112 Å². The predicted octanol–water partition coefficient (Wildman–Crippen LogP) is -0.605. The van der Waals surface area contributed by atoms with Crippen molar-refractivity contribution in [3.63, 3.8) is 0 Å². The maximum Gasteiger partial charge on any atom is 0.352 e. The fraction of sp³-hybridized carbons (Fsp3) is 0.500. The molecule has 1 N–H and O–H groups in total. The van der Waals surface area contributed by atoms with E-state index in [0.717, 1.165) is 0 Å². The van der Waals surface area contributed by atoms with Gasteiger partial charge in [0.1, 0.15) is 5.70 Å². The summed E-state index contributed by atoms with van der Waals surface area (Å²) in [6, 6.07) is 0. The minimum Gasteiger partial charge on any atom is -0.477 e. The van der Waals surface area contributed by atoms with Gasteiger partial charge in [-0.15, -0.1) is 16.9 Å². The average Bonchev–Trinajstić information content (AvgIpc) is 2.73. The van der Waals surface area contributed by atoms with E-state index in [1.54, 1.807) is 29.6 Å². The number of hydrogen-bond donors (Lipinski definition) is 1. The molecule has 2 aliphatic rings. The Morgan fingerprint density at radius 2 is 2.42 bits per heavy atom. The number of hydrogen-bond acceptors (Lipinski definition) is 6. The van der Waals surface area contributed by atoms with Crippen molar-refractivity contribution in [2.24, 2.45) is 7.05 Å². The van der Waals surface area contributed by atoms with Gasteiger partial charge >= 0.3 is 5.97 Å². The number of thioether (sulfide) groups is 1. The van der Waals surface area contributed by atoms with Crippen molar-refractivity contribution in [3.8, 4) is 0 Å². The first kappa shape index (κ1) is 12.2. The van der Waals surface area contributed by atoms with Crippen LogP contribution in [0.15, 0.2) is 11.8 Å². The van der Waals surface area contributed by atoms with Gasteiger partial charge in [0.2, 0.25) is 5.91 Å².